The smallest absolute Gasteiger partial charge is 0.326 e. The molecule has 1 saturated heterocycles. The molecule has 1 unspecified atom stereocenters. The lowest BCUT2D eigenvalue weighted by atomic mass is 9.76. The van der Waals surface area contributed by atoms with Crippen LogP contribution in [0.3, 0.4) is 0 Å². The molecule has 1 aromatic heterocycles. The van der Waals surface area contributed by atoms with Crippen LogP contribution in [0.5, 0.6) is 0 Å². The van der Waals surface area contributed by atoms with Gasteiger partial charge in [-0.2, -0.15) is 0 Å². The predicted octanol–water partition coefficient (Wildman–Crippen LogP) is 1.86. The zero-order chi connectivity index (χ0) is 13.3. The Hall–Kier alpha value is -1.65. The topological polar surface area (TPSA) is 66.3 Å². The number of anilines is 1. The van der Waals surface area contributed by atoms with E-state index in [0.29, 0.717) is 5.82 Å². The summed E-state index contributed by atoms with van der Waals surface area (Å²) in [6, 6.07) is 1.32. The molecule has 18 heavy (non-hydrogen) atoms. The maximum absolute atomic E-state index is 11.6. The van der Waals surface area contributed by atoms with E-state index in [9.17, 15) is 9.90 Å². The van der Waals surface area contributed by atoms with Crippen LogP contribution in [0, 0.1) is 12.3 Å². The molecule has 1 N–H and O–H groups in total. The molecule has 0 radical (unpaired) electrons. The van der Waals surface area contributed by atoms with Gasteiger partial charge < -0.3 is 10.0 Å². The summed E-state index contributed by atoms with van der Waals surface area (Å²) in [5, 5.41) is 9.49. The molecule has 0 saturated carbocycles. The molecule has 0 aromatic carbocycles. The van der Waals surface area contributed by atoms with Gasteiger partial charge in [-0.3, -0.25) is 0 Å². The molecular weight excluding hydrogens is 230 g/mol. The zero-order valence-corrected chi connectivity index (χ0v) is 11.1. The van der Waals surface area contributed by atoms with Crippen molar-refractivity contribution in [1.82, 2.24) is 9.97 Å². The van der Waals surface area contributed by atoms with E-state index >= 15 is 0 Å². The first-order valence-corrected chi connectivity index (χ1v) is 6.20. The Bertz CT molecular complexity index is 459. The Morgan fingerprint density at radius 3 is 2.83 bits per heavy atom. The number of carbonyl (C=O) groups is 1. The first kappa shape index (κ1) is 12.8. The molecule has 0 bridgehead atoms. The van der Waals surface area contributed by atoms with E-state index in [1.807, 2.05) is 31.7 Å². The van der Waals surface area contributed by atoms with Gasteiger partial charge in [-0.1, -0.05) is 13.8 Å². The number of rotatable bonds is 2. The van der Waals surface area contributed by atoms with Gasteiger partial charge in [-0.25, -0.2) is 14.8 Å². The molecule has 0 aliphatic carbocycles. The van der Waals surface area contributed by atoms with E-state index in [0.717, 1.165) is 25.1 Å². The second kappa shape index (κ2) is 4.55. The van der Waals surface area contributed by atoms with Gasteiger partial charge in [0.1, 0.15) is 18.2 Å². The normalized spacial score (nSPS) is 22.8. The van der Waals surface area contributed by atoms with Gasteiger partial charge in [0, 0.05) is 18.3 Å². The lowest BCUT2D eigenvalue weighted by Gasteiger charge is -2.44. The summed E-state index contributed by atoms with van der Waals surface area (Å²) in [6.07, 6.45) is 3.40. The lowest BCUT2D eigenvalue weighted by Crippen LogP contribution is -2.54. The zero-order valence-electron chi connectivity index (χ0n) is 11.1. The number of carboxylic acid groups (broad SMARTS) is 1. The van der Waals surface area contributed by atoms with E-state index in [4.69, 9.17) is 0 Å². The molecule has 0 spiro atoms. The summed E-state index contributed by atoms with van der Waals surface area (Å²) in [7, 11) is 0. The van der Waals surface area contributed by atoms with Crippen LogP contribution in [-0.4, -0.2) is 33.6 Å². The Kier molecular flexibility index (Phi) is 3.24. The van der Waals surface area contributed by atoms with Gasteiger partial charge in [0.2, 0.25) is 0 Å². The summed E-state index contributed by atoms with van der Waals surface area (Å²) in [5.74, 6) is -0.0707. The van der Waals surface area contributed by atoms with E-state index < -0.39 is 12.0 Å². The SMILES string of the molecule is Cc1cc(N2CCCC(C)(C)C2C(=O)O)ncn1. The number of carboxylic acids is 1. The second-order valence-electron chi connectivity index (χ2n) is 5.54. The summed E-state index contributed by atoms with van der Waals surface area (Å²) in [6.45, 7) is 6.63. The van der Waals surface area contributed by atoms with Crippen LogP contribution in [0.25, 0.3) is 0 Å². The Morgan fingerprint density at radius 1 is 1.50 bits per heavy atom. The van der Waals surface area contributed by atoms with E-state index in [1.165, 1.54) is 6.33 Å². The highest BCUT2D eigenvalue weighted by atomic mass is 16.4. The summed E-state index contributed by atoms with van der Waals surface area (Å²) in [4.78, 5) is 21.7. The third-order valence-electron chi connectivity index (χ3n) is 3.59. The van der Waals surface area contributed by atoms with Gasteiger partial charge >= 0.3 is 5.97 Å². The van der Waals surface area contributed by atoms with Gasteiger partial charge in [-0.15, -0.1) is 0 Å². The van der Waals surface area contributed by atoms with Crippen molar-refractivity contribution < 1.29 is 9.90 Å². The number of piperidine rings is 1. The number of aromatic nitrogens is 2. The highest BCUT2D eigenvalue weighted by Gasteiger charge is 2.43. The molecule has 5 nitrogen and oxygen atoms in total. The number of aliphatic carboxylic acids is 1. The summed E-state index contributed by atoms with van der Waals surface area (Å²) >= 11 is 0. The highest BCUT2D eigenvalue weighted by molar-refractivity contribution is 5.79. The van der Waals surface area contributed by atoms with Crippen LogP contribution in [0.2, 0.25) is 0 Å². The second-order valence-corrected chi connectivity index (χ2v) is 5.54. The lowest BCUT2D eigenvalue weighted by molar-refractivity contribution is -0.142. The van der Waals surface area contributed by atoms with Crippen LogP contribution < -0.4 is 4.90 Å². The fourth-order valence-electron chi connectivity index (χ4n) is 2.70. The summed E-state index contributed by atoms with van der Waals surface area (Å²) in [5.41, 5.74) is 0.607. The van der Waals surface area contributed by atoms with Gasteiger partial charge in [0.05, 0.1) is 0 Å². The van der Waals surface area contributed by atoms with E-state index in [-0.39, 0.29) is 5.41 Å². The minimum atomic E-state index is -0.782. The fraction of sp³-hybridized carbons (Fsp3) is 0.615. The van der Waals surface area contributed by atoms with Crippen molar-refractivity contribution in [1.29, 1.82) is 0 Å². The molecule has 1 aromatic rings. The molecular formula is C13H19N3O2. The minimum Gasteiger partial charge on any atom is -0.480 e. The van der Waals surface area contributed by atoms with Crippen LogP contribution in [0.15, 0.2) is 12.4 Å². The van der Waals surface area contributed by atoms with Crippen molar-refractivity contribution in [3.05, 3.63) is 18.1 Å². The van der Waals surface area contributed by atoms with Crippen molar-refractivity contribution in [2.24, 2.45) is 5.41 Å². The molecule has 1 fully saturated rings. The van der Waals surface area contributed by atoms with Gasteiger partial charge in [0.15, 0.2) is 0 Å². The number of hydrogen-bond acceptors (Lipinski definition) is 4. The fourth-order valence-corrected chi connectivity index (χ4v) is 2.70. The molecule has 2 heterocycles. The quantitative estimate of drug-likeness (QED) is 0.866. The number of nitrogens with zero attached hydrogens (tertiary/aromatic N) is 3. The van der Waals surface area contributed by atoms with Crippen molar-refractivity contribution in [3.63, 3.8) is 0 Å². The van der Waals surface area contributed by atoms with Crippen molar-refractivity contribution in [2.75, 3.05) is 11.4 Å². The molecule has 1 aliphatic heterocycles. The van der Waals surface area contributed by atoms with Crippen LogP contribution in [-0.2, 0) is 4.79 Å². The molecule has 2 rings (SSSR count). The Labute approximate surface area is 107 Å². The minimum absolute atomic E-state index is 0.247. The van der Waals surface area contributed by atoms with Crippen LogP contribution in [0.4, 0.5) is 5.82 Å². The van der Waals surface area contributed by atoms with Crippen molar-refractivity contribution in [3.8, 4) is 0 Å². The van der Waals surface area contributed by atoms with E-state index in [2.05, 4.69) is 9.97 Å². The molecule has 5 heteroatoms. The number of hydrogen-bond donors (Lipinski definition) is 1. The van der Waals surface area contributed by atoms with Gasteiger partial charge in [-0.05, 0) is 25.2 Å². The number of aryl methyl sites for hydroxylation is 1. The van der Waals surface area contributed by atoms with Crippen molar-refractivity contribution in [2.45, 2.75) is 39.7 Å². The van der Waals surface area contributed by atoms with Crippen molar-refractivity contribution >= 4 is 11.8 Å². The molecule has 0 amide bonds. The monoisotopic (exact) mass is 249 g/mol. The standard InChI is InChI=1S/C13H19N3O2/c1-9-7-10(15-8-14-9)16-6-4-5-13(2,3)11(16)12(17)18/h7-8,11H,4-6H2,1-3H3,(H,17,18). The predicted molar refractivity (Wildman–Crippen MR) is 68.6 cm³/mol. The van der Waals surface area contributed by atoms with Crippen LogP contribution >= 0.6 is 0 Å². The third-order valence-corrected chi connectivity index (χ3v) is 3.59. The summed E-state index contributed by atoms with van der Waals surface area (Å²) < 4.78 is 0. The average Bonchev–Trinajstić information content (AvgIpc) is 2.26. The van der Waals surface area contributed by atoms with Gasteiger partial charge in [0.25, 0.3) is 0 Å². The Balaban J connectivity index is 2.38. The average molecular weight is 249 g/mol. The van der Waals surface area contributed by atoms with E-state index in [1.54, 1.807) is 0 Å². The highest BCUT2D eigenvalue weighted by Crippen LogP contribution is 2.37. The largest absolute Gasteiger partial charge is 0.480 e. The maximum atomic E-state index is 11.6. The molecule has 98 valence electrons. The molecule has 1 atom stereocenters. The first-order chi connectivity index (χ1) is 8.42. The Morgan fingerprint density at radius 2 is 2.22 bits per heavy atom. The molecule has 1 aliphatic rings. The third kappa shape index (κ3) is 2.30. The maximum Gasteiger partial charge on any atom is 0.326 e. The van der Waals surface area contributed by atoms with Crippen LogP contribution in [0.1, 0.15) is 32.4 Å². The first-order valence-electron chi connectivity index (χ1n) is 6.20.